The second kappa shape index (κ2) is 7.87. The lowest BCUT2D eigenvalue weighted by Gasteiger charge is -2.19. The summed E-state index contributed by atoms with van der Waals surface area (Å²) in [6.45, 7) is 4.28. The van der Waals surface area contributed by atoms with Crippen molar-refractivity contribution in [1.82, 2.24) is 10.3 Å². The lowest BCUT2D eigenvalue weighted by molar-refractivity contribution is 0.0995. The molecule has 0 amide bonds. The molecule has 102 valence electrons. The molecule has 0 saturated carbocycles. The van der Waals surface area contributed by atoms with Crippen LogP contribution in [0, 0.1) is 0 Å². The number of aromatic nitrogens is 1. The van der Waals surface area contributed by atoms with Crippen LogP contribution < -0.4 is 5.32 Å². The van der Waals surface area contributed by atoms with Crippen LogP contribution in [-0.4, -0.2) is 30.3 Å². The van der Waals surface area contributed by atoms with Gasteiger partial charge in [0.25, 0.3) is 0 Å². The Hall–Kier alpha value is -0.450. The monoisotopic (exact) mass is 268 g/mol. The Bertz CT molecular complexity index is 310. The first-order valence-electron chi connectivity index (χ1n) is 7.12. The second-order valence-corrected chi connectivity index (χ2v) is 5.97. The minimum Gasteiger partial charge on any atom is -0.378 e. The molecule has 0 spiro atoms. The molecule has 2 heterocycles. The van der Waals surface area contributed by atoms with Crippen molar-refractivity contribution in [2.45, 2.75) is 57.6 Å². The van der Waals surface area contributed by atoms with Gasteiger partial charge in [-0.25, -0.2) is 4.98 Å². The number of hydrogen-bond donors (Lipinski definition) is 1. The zero-order chi connectivity index (χ0) is 12.6. The number of hydrogen-bond acceptors (Lipinski definition) is 4. The molecule has 0 radical (unpaired) electrons. The molecular weight excluding hydrogens is 244 g/mol. The smallest absolute Gasteiger partial charge is 0.0940 e. The van der Waals surface area contributed by atoms with Crippen LogP contribution in [0.1, 0.15) is 44.0 Å². The van der Waals surface area contributed by atoms with E-state index in [1.54, 1.807) is 11.3 Å². The van der Waals surface area contributed by atoms with Crippen LogP contribution in [0.4, 0.5) is 0 Å². The van der Waals surface area contributed by atoms with Crippen molar-refractivity contribution in [3.63, 3.8) is 0 Å². The predicted octanol–water partition coefficient (Wildman–Crippen LogP) is 3.01. The van der Waals surface area contributed by atoms with E-state index in [4.69, 9.17) is 4.74 Å². The van der Waals surface area contributed by atoms with Crippen LogP contribution in [-0.2, 0) is 11.2 Å². The first-order valence-corrected chi connectivity index (χ1v) is 7.99. The van der Waals surface area contributed by atoms with Crippen LogP contribution in [0.5, 0.6) is 0 Å². The van der Waals surface area contributed by atoms with Gasteiger partial charge in [-0.1, -0.05) is 6.92 Å². The summed E-state index contributed by atoms with van der Waals surface area (Å²) in [4.78, 5) is 4.39. The topological polar surface area (TPSA) is 34.1 Å². The SMILES string of the molecule is CCCNC(CCC1CCCO1)Cc1nccs1. The van der Waals surface area contributed by atoms with E-state index < -0.39 is 0 Å². The molecule has 1 saturated heterocycles. The zero-order valence-corrected chi connectivity index (χ0v) is 12.0. The highest BCUT2D eigenvalue weighted by Crippen LogP contribution is 2.19. The maximum atomic E-state index is 5.70. The molecule has 2 unspecified atom stereocenters. The van der Waals surface area contributed by atoms with Crippen molar-refractivity contribution >= 4 is 11.3 Å². The largest absolute Gasteiger partial charge is 0.378 e. The number of nitrogens with zero attached hydrogens (tertiary/aromatic N) is 1. The summed E-state index contributed by atoms with van der Waals surface area (Å²) < 4.78 is 5.70. The standard InChI is InChI=1S/C14H24N2OS/c1-2-7-15-12(11-14-16-8-10-18-14)5-6-13-4-3-9-17-13/h8,10,12-13,15H,2-7,9,11H2,1H3. The normalized spacial score (nSPS) is 21.3. The van der Waals surface area contributed by atoms with Gasteiger partial charge < -0.3 is 10.1 Å². The van der Waals surface area contributed by atoms with E-state index in [1.807, 2.05) is 6.20 Å². The van der Waals surface area contributed by atoms with E-state index in [0.29, 0.717) is 12.1 Å². The minimum atomic E-state index is 0.507. The Morgan fingerprint density at radius 3 is 3.22 bits per heavy atom. The molecule has 1 aliphatic heterocycles. The molecule has 0 aliphatic carbocycles. The van der Waals surface area contributed by atoms with Crippen molar-refractivity contribution in [2.24, 2.45) is 0 Å². The Kier molecular flexibility index (Phi) is 6.11. The summed E-state index contributed by atoms with van der Waals surface area (Å²) in [7, 11) is 0. The van der Waals surface area contributed by atoms with Gasteiger partial charge in [0, 0.05) is 30.6 Å². The van der Waals surface area contributed by atoms with E-state index in [1.165, 1.54) is 37.1 Å². The van der Waals surface area contributed by atoms with Crippen LogP contribution >= 0.6 is 11.3 Å². The summed E-state index contributed by atoms with van der Waals surface area (Å²) in [6.07, 6.45) is 9.53. The van der Waals surface area contributed by atoms with Gasteiger partial charge in [-0.2, -0.15) is 0 Å². The molecule has 2 atom stereocenters. The molecular formula is C14H24N2OS. The van der Waals surface area contributed by atoms with Crippen molar-refractivity contribution in [3.05, 3.63) is 16.6 Å². The molecule has 1 aromatic rings. The highest BCUT2D eigenvalue weighted by atomic mass is 32.1. The summed E-state index contributed by atoms with van der Waals surface area (Å²) >= 11 is 1.76. The lowest BCUT2D eigenvalue weighted by atomic mass is 10.0. The summed E-state index contributed by atoms with van der Waals surface area (Å²) in [5, 5.41) is 6.95. The van der Waals surface area contributed by atoms with E-state index in [0.717, 1.165) is 19.6 Å². The Balaban J connectivity index is 1.76. The van der Waals surface area contributed by atoms with Gasteiger partial charge in [0.05, 0.1) is 11.1 Å². The van der Waals surface area contributed by atoms with E-state index in [-0.39, 0.29) is 0 Å². The van der Waals surface area contributed by atoms with Gasteiger partial charge >= 0.3 is 0 Å². The maximum absolute atomic E-state index is 5.70. The van der Waals surface area contributed by atoms with Crippen molar-refractivity contribution in [3.8, 4) is 0 Å². The number of thiazole rings is 1. The quantitative estimate of drug-likeness (QED) is 0.787. The summed E-state index contributed by atoms with van der Waals surface area (Å²) in [5.41, 5.74) is 0. The highest BCUT2D eigenvalue weighted by molar-refractivity contribution is 7.09. The van der Waals surface area contributed by atoms with Gasteiger partial charge in [0.2, 0.25) is 0 Å². The van der Waals surface area contributed by atoms with Gasteiger partial charge in [0.15, 0.2) is 0 Å². The zero-order valence-electron chi connectivity index (χ0n) is 11.2. The molecule has 1 aliphatic rings. The fourth-order valence-corrected chi connectivity index (χ4v) is 3.15. The molecule has 2 rings (SSSR count). The van der Waals surface area contributed by atoms with Crippen LogP contribution in [0.2, 0.25) is 0 Å². The second-order valence-electron chi connectivity index (χ2n) is 4.99. The van der Waals surface area contributed by atoms with Crippen molar-refractivity contribution in [1.29, 1.82) is 0 Å². The maximum Gasteiger partial charge on any atom is 0.0940 e. The average Bonchev–Trinajstić information content (AvgIpc) is 3.05. The summed E-state index contributed by atoms with van der Waals surface area (Å²) in [6, 6.07) is 0.556. The minimum absolute atomic E-state index is 0.507. The number of ether oxygens (including phenoxy) is 1. The first kappa shape index (κ1) is 14.0. The fourth-order valence-electron chi connectivity index (χ4n) is 2.45. The molecule has 4 heteroatoms. The third-order valence-electron chi connectivity index (χ3n) is 3.45. The average molecular weight is 268 g/mol. The van der Waals surface area contributed by atoms with Gasteiger partial charge in [-0.05, 0) is 38.6 Å². The van der Waals surface area contributed by atoms with Crippen LogP contribution in [0.25, 0.3) is 0 Å². The van der Waals surface area contributed by atoms with Gasteiger partial charge in [0.1, 0.15) is 0 Å². The Morgan fingerprint density at radius 2 is 2.56 bits per heavy atom. The Labute approximate surface area is 114 Å². The first-order chi connectivity index (χ1) is 8.88. The number of rotatable bonds is 8. The molecule has 18 heavy (non-hydrogen) atoms. The molecule has 1 fully saturated rings. The summed E-state index contributed by atoms with van der Waals surface area (Å²) in [5.74, 6) is 0. The third kappa shape index (κ3) is 4.67. The number of nitrogens with one attached hydrogen (secondary N) is 1. The third-order valence-corrected chi connectivity index (χ3v) is 4.25. The predicted molar refractivity (Wildman–Crippen MR) is 76.1 cm³/mol. The van der Waals surface area contributed by atoms with Gasteiger partial charge in [-0.15, -0.1) is 11.3 Å². The molecule has 1 N–H and O–H groups in total. The van der Waals surface area contributed by atoms with E-state index >= 15 is 0 Å². The fraction of sp³-hybridized carbons (Fsp3) is 0.786. The Morgan fingerprint density at radius 1 is 1.61 bits per heavy atom. The van der Waals surface area contributed by atoms with Gasteiger partial charge in [-0.3, -0.25) is 0 Å². The lowest BCUT2D eigenvalue weighted by Crippen LogP contribution is -2.32. The van der Waals surface area contributed by atoms with Crippen LogP contribution in [0.15, 0.2) is 11.6 Å². The molecule has 3 nitrogen and oxygen atoms in total. The van der Waals surface area contributed by atoms with Crippen LogP contribution in [0.3, 0.4) is 0 Å². The molecule has 0 aromatic carbocycles. The van der Waals surface area contributed by atoms with Crippen molar-refractivity contribution < 1.29 is 4.74 Å². The van der Waals surface area contributed by atoms with E-state index in [2.05, 4.69) is 22.6 Å². The van der Waals surface area contributed by atoms with Crippen molar-refractivity contribution in [2.75, 3.05) is 13.2 Å². The highest BCUT2D eigenvalue weighted by Gasteiger charge is 2.18. The molecule has 0 bridgehead atoms. The van der Waals surface area contributed by atoms with E-state index in [9.17, 15) is 0 Å². The molecule has 1 aromatic heterocycles.